The molecule has 0 radical (unpaired) electrons. The second kappa shape index (κ2) is 7.29. The number of anilines is 1. The standard InChI is InChI=1S/C19H23F3N2O2/c20-19(21,22)13-4-6-15(7-5-13)24-17(26)18(10-2-1-3-11-18)12-16(25)23-14-8-9-14/h4-7,14H,1-3,8-12H2,(H,23,25)(H,24,26). The Morgan fingerprint density at radius 1 is 1.04 bits per heavy atom. The molecule has 2 N–H and O–H groups in total. The highest BCUT2D eigenvalue weighted by molar-refractivity contribution is 5.98. The highest BCUT2D eigenvalue weighted by Gasteiger charge is 2.42. The largest absolute Gasteiger partial charge is 0.416 e. The van der Waals surface area contributed by atoms with E-state index in [9.17, 15) is 22.8 Å². The summed E-state index contributed by atoms with van der Waals surface area (Å²) in [5, 5.41) is 5.64. The molecule has 0 unspecified atom stereocenters. The molecular formula is C19H23F3N2O2. The van der Waals surface area contributed by atoms with Gasteiger partial charge in [-0.15, -0.1) is 0 Å². The molecule has 0 aliphatic heterocycles. The Bertz CT molecular complexity index is 660. The summed E-state index contributed by atoms with van der Waals surface area (Å²) in [5.74, 6) is -0.389. The molecule has 1 aromatic carbocycles. The highest BCUT2D eigenvalue weighted by Crippen LogP contribution is 2.41. The van der Waals surface area contributed by atoms with Crippen LogP contribution in [-0.2, 0) is 15.8 Å². The van der Waals surface area contributed by atoms with Gasteiger partial charge in [-0.3, -0.25) is 9.59 Å². The van der Waals surface area contributed by atoms with Crippen molar-refractivity contribution >= 4 is 17.5 Å². The summed E-state index contributed by atoms with van der Waals surface area (Å²) in [5.41, 5.74) is -1.22. The number of hydrogen-bond donors (Lipinski definition) is 2. The van der Waals surface area contributed by atoms with Crippen LogP contribution in [0.4, 0.5) is 18.9 Å². The van der Waals surface area contributed by atoms with Crippen molar-refractivity contribution in [3.05, 3.63) is 29.8 Å². The van der Waals surface area contributed by atoms with Gasteiger partial charge in [0.1, 0.15) is 0 Å². The van der Waals surface area contributed by atoms with Crippen LogP contribution in [0.2, 0.25) is 0 Å². The van der Waals surface area contributed by atoms with Crippen LogP contribution in [0.5, 0.6) is 0 Å². The number of halogens is 3. The number of hydrogen-bond acceptors (Lipinski definition) is 2. The molecule has 2 aliphatic rings. The fourth-order valence-corrected chi connectivity index (χ4v) is 3.53. The number of carbonyl (C=O) groups is 2. The predicted molar refractivity (Wildman–Crippen MR) is 91.4 cm³/mol. The van der Waals surface area contributed by atoms with Crippen molar-refractivity contribution in [1.82, 2.24) is 5.32 Å². The zero-order chi connectivity index (χ0) is 18.8. The number of rotatable bonds is 5. The second-order valence-electron chi connectivity index (χ2n) is 7.39. The first-order valence-electron chi connectivity index (χ1n) is 9.07. The fraction of sp³-hybridized carbons (Fsp3) is 0.579. The van der Waals surface area contributed by atoms with Crippen LogP contribution < -0.4 is 10.6 Å². The van der Waals surface area contributed by atoms with E-state index in [-0.39, 0.29) is 24.3 Å². The third-order valence-corrected chi connectivity index (χ3v) is 5.20. The summed E-state index contributed by atoms with van der Waals surface area (Å²) in [4.78, 5) is 25.2. The Morgan fingerprint density at radius 2 is 1.65 bits per heavy atom. The van der Waals surface area contributed by atoms with Gasteiger partial charge in [-0.25, -0.2) is 0 Å². The van der Waals surface area contributed by atoms with Crippen LogP contribution in [0, 0.1) is 5.41 Å². The summed E-state index contributed by atoms with van der Waals surface area (Å²) in [7, 11) is 0. The van der Waals surface area contributed by atoms with Crippen LogP contribution >= 0.6 is 0 Å². The molecule has 0 spiro atoms. The van der Waals surface area contributed by atoms with Gasteiger partial charge in [-0.2, -0.15) is 13.2 Å². The number of alkyl halides is 3. The molecular weight excluding hydrogens is 345 g/mol. The minimum atomic E-state index is -4.41. The van der Waals surface area contributed by atoms with Crippen molar-refractivity contribution in [3.63, 3.8) is 0 Å². The molecule has 3 rings (SSSR count). The van der Waals surface area contributed by atoms with Crippen molar-refractivity contribution < 1.29 is 22.8 Å². The van der Waals surface area contributed by atoms with Gasteiger partial charge in [0.2, 0.25) is 11.8 Å². The summed E-state index contributed by atoms with van der Waals surface area (Å²) < 4.78 is 38.0. The van der Waals surface area contributed by atoms with Gasteiger partial charge in [0.15, 0.2) is 0 Å². The zero-order valence-electron chi connectivity index (χ0n) is 14.5. The van der Waals surface area contributed by atoms with E-state index in [1.807, 2.05) is 0 Å². The van der Waals surface area contributed by atoms with Gasteiger partial charge in [-0.05, 0) is 49.9 Å². The third-order valence-electron chi connectivity index (χ3n) is 5.20. The Hall–Kier alpha value is -2.05. The molecule has 1 aromatic rings. The van der Waals surface area contributed by atoms with Crippen molar-refractivity contribution in [3.8, 4) is 0 Å². The normalized spacial score (nSPS) is 19.7. The lowest BCUT2D eigenvalue weighted by atomic mass is 9.70. The summed E-state index contributed by atoms with van der Waals surface area (Å²) >= 11 is 0. The molecule has 7 heteroatoms. The first-order chi connectivity index (χ1) is 12.3. The molecule has 4 nitrogen and oxygen atoms in total. The molecule has 2 amide bonds. The van der Waals surface area contributed by atoms with Crippen LogP contribution in [0.15, 0.2) is 24.3 Å². The first-order valence-corrected chi connectivity index (χ1v) is 9.07. The van der Waals surface area contributed by atoms with Gasteiger partial charge in [-0.1, -0.05) is 19.3 Å². The Kier molecular flexibility index (Phi) is 5.25. The molecule has 2 fully saturated rings. The SMILES string of the molecule is O=C(CC1(C(=O)Nc2ccc(C(F)(F)F)cc2)CCCCC1)NC1CC1. The Balaban J connectivity index is 1.69. The number of benzene rings is 1. The molecule has 2 aliphatic carbocycles. The molecule has 26 heavy (non-hydrogen) atoms. The van der Waals surface area contributed by atoms with Gasteiger partial charge in [0.25, 0.3) is 0 Å². The maximum absolute atomic E-state index is 12.9. The second-order valence-corrected chi connectivity index (χ2v) is 7.39. The van der Waals surface area contributed by atoms with E-state index in [0.29, 0.717) is 18.5 Å². The summed E-state index contributed by atoms with van der Waals surface area (Å²) in [6.45, 7) is 0. The van der Waals surface area contributed by atoms with Crippen molar-refractivity contribution in [2.24, 2.45) is 5.41 Å². The van der Waals surface area contributed by atoms with E-state index < -0.39 is 17.2 Å². The average Bonchev–Trinajstić information content (AvgIpc) is 3.39. The quantitative estimate of drug-likeness (QED) is 0.816. The van der Waals surface area contributed by atoms with Crippen molar-refractivity contribution in [1.29, 1.82) is 0 Å². The lowest BCUT2D eigenvalue weighted by Crippen LogP contribution is -2.42. The number of nitrogens with one attached hydrogen (secondary N) is 2. The minimum Gasteiger partial charge on any atom is -0.353 e. The average molecular weight is 368 g/mol. The number of carbonyl (C=O) groups excluding carboxylic acids is 2. The van der Waals surface area contributed by atoms with E-state index in [0.717, 1.165) is 44.2 Å². The fourth-order valence-electron chi connectivity index (χ4n) is 3.53. The monoisotopic (exact) mass is 368 g/mol. The lowest BCUT2D eigenvalue weighted by Gasteiger charge is -2.35. The smallest absolute Gasteiger partial charge is 0.353 e. The molecule has 0 atom stereocenters. The van der Waals surface area contributed by atoms with Crippen molar-refractivity contribution in [2.75, 3.05) is 5.32 Å². The summed E-state index contributed by atoms with van der Waals surface area (Å²) in [6.07, 6.45) is 1.71. The van der Waals surface area contributed by atoms with Crippen LogP contribution in [0.3, 0.4) is 0 Å². The van der Waals surface area contributed by atoms with Gasteiger partial charge < -0.3 is 10.6 Å². The maximum Gasteiger partial charge on any atom is 0.416 e. The first kappa shape index (κ1) is 18.7. The van der Waals surface area contributed by atoms with Crippen LogP contribution in [-0.4, -0.2) is 17.9 Å². The van der Waals surface area contributed by atoms with E-state index in [1.165, 1.54) is 12.1 Å². The minimum absolute atomic E-state index is 0.114. The zero-order valence-corrected chi connectivity index (χ0v) is 14.5. The predicted octanol–water partition coefficient (Wildman–Crippen LogP) is 4.26. The third kappa shape index (κ3) is 4.56. The lowest BCUT2D eigenvalue weighted by molar-refractivity contribution is -0.137. The maximum atomic E-state index is 12.9. The van der Waals surface area contributed by atoms with E-state index in [1.54, 1.807) is 0 Å². The van der Waals surface area contributed by atoms with Crippen molar-refractivity contribution in [2.45, 2.75) is 63.6 Å². The Labute approximate surface area is 150 Å². The van der Waals surface area contributed by atoms with Gasteiger partial charge in [0.05, 0.1) is 11.0 Å². The van der Waals surface area contributed by atoms with E-state index in [2.05, 4.69) is 10.6 Å². The summed E-state index contributed by atoms with van der Waals surface area (Å²) in [6, 6.07) is 4.63. The molecule has 0 heterocycles. The Morgan fingerprint density at radius 3 is 2.19 bits per heavy atom. The topological polar surface area (TPSA) is 58.2 Å². The molecule has 0 aromatic heterocycles. The van der Waals surface area contributed by atoms with E-state index >= 15 is 0 Å². The molecule has 2 saturated carbocycles. The van der Waals surface area contributed by atoms with E-state index in [4.69, 9.17) is 0 Å². The van der Waals surface area contributed by atoms with Gasteiger partial charge in [0, 0.05) is 18.2 Å². The molecule has 0 bridgehead atoms. The van der Waals surface area contributed by atoms with Crippen LogP contribution in [0.1, 0.15) is 56.9 Å². The molecule has 0 saturated heterocycles. The molecule has 142 valence electrons. The highest BCUT2D eigenvalue weighted by atomic mass is 19.4. The van der Waals surface area contributed by atoms with Gasteiger partial charge >= 0.3 is 6.18 Å². The van der Waals surface area contributed by atoms with Crippen LogP contribution in [0.25, 0.3) is 0 Å². The number of amides is 2.